The number of carbonyl (C=O) groups is 3. The Morgan fingerprint density at radius 2 is 1.92 bits per heavy atom. The van der Waals surface area contributed by atoms with E-state index >= 15 is 0 Å². The molecule has 0 radical (unpaired) electrons. The fraction of sp³-hybridized carbons (Fsp3) is 0.250. The van der Waals surface area contributed by atoms with Gasteiger partial charge in [-0.3, -0.25) is 14.3 Å². The van der Waals surface area contributed by atoms with Gasteiger partial charge in [-0.15, -0.1) is 0 Å². The van der Waals surface area contributed by atoms with Gasteiger partial charge >= 0.3 is 5.97 Å². The van der Waals surface area contributed by atoms with Crippen LogP contribution in [0.3, 0.4) is 0 Å². The topological polar surface area (TPSA) is 102 Å². The minimum Gasteiger partial charge on any atom is -0.452 e. The quantitative estimate of drug-likeness (QED) is 0.740. The summed E-state index contributed by atoms with van der Waals surface area (Å²) in [5, 5.41) is 8.41. The number of nitrogens with one attached hydrogen (secondary N) is 2. The third kappa shape index (κ3) is 4.85. The molecule has 0 atom stereocenters. The van der Waals surface area contributed by atoms with Gasteiger partial charge in [-0.2, -0.15) is 5.10 Å². The monoisotopic (exact) mass is 366 g/mol. The second-order valence-corrected chi connectivity index (χ2v) is 5.30. The minimum atomic E-state index is -1.11. The molecule has 26 heavy (non-hydrogen) atoms. The van der Waals surface area contributed by atoms with Crippen molar-refractivity contribution in [2.75, 3.05) is 18.5 Å². The van der Waals surface area contributed by atoms with Gasteiger partial charge < -0.3 is 15.4 Å². The number of rotatable bonds is 6. The maximum Gasteiger partial charge on any atom is 0.342 e. The largest absolute Gasteiger partial charge is 0.452 e. The van der Waals surface area contributed by atoms with E-state index in [-0.39, 0.29) is 11.3 Å². The highest BCUT2D eigenvalue weighted by atomic mass is 19.2. The fourth-order valence-corrected chi connectivity index (χ4v) is 1.92. The van der Waals surface area contributed by atoms with E-state index in [4.69, 9.17) is 4.74 Å². The van der Waals surface area contributed by atoms with Gasteiger partial charge in [0.15, 0.2) is 18.2 Å². The number of hydrogen-bond donors (Lipinski definition) is 2. The van der Waals surface area contributed by atoms with Gasteiger partial charge in [-0.25, -0.2) is 13.6 Å². The first-order valence-electron chi connectivity index (χ1n) is 7.45. The molecule has 1 aromatic carbocycles. The number of esters is 1. The Morgan fingerprint density at radius 1 is 1.19 bits per heavy atom. The van der Waals surface area contributed by atoms with Crippen LogP contribution in [0.1, 0.15) is 16.1 Å². The molecule has 0 aliphatic carbocycles. The molecule has 0 spiro atoms. The summed E-state index contributed by atoms with van der Waals surface area (Å²) in [6.07, 6.45) is 1.32. The lowest BCUT2D eigenvalue weighted by Gasteiger charge is -2.08. The van der Waals surface area contributed by atoms with Crippen molar-refractivity contribution in [2.24, 2.45) is 7.05 Å². The number of ether oxygens (including phenoxy) is 1. The number of aromatic nitrogens is 2. The zero-order valence-corrected chi connectivity index (χ0v) is 14.0. The number of amides is 2. The molecular formula is C16H16F2N4O4. The van der Waals surface area contributed by atoms with Crippen LogP contribution in [0, 0.1) is 18.6 Å². The van der Waals surface area contributed by atoms with Crippen LogP contribution in [0.5, 0.6) is 0 Å². The number of carbonyl (C=O) groups excluding carboxylic acids is 3. The van der Waals surface area contributed by atoms with E-state index < -0.39 is 42.6 Å². The third-order valence-corrected chi connectivity index (χ3v) is 3.44. The van der Waals surface area contributed by atoms with Gasteiger partial charge in [0.05, 0.1) is 12.7 Å². The average Bonchev–Trinajstić information content (AvgIpc) is 2.93. The molecule has 0 fully saturated rings. The lowest BCUT2D eigenvalue weighted by atomic mass is 10.3. The van der Waals surface area contributed by atoms with Crippen molar-refractivity contribution >= 4 is 23.5 Å². The van der Waals surface area contributed by atoms with E-state index in [1.807, 2.05) is 0 Å². The summed E-state index contributed by atoms with van der Waals surface area (Å²) in [4.78, 5) is 35.1. The van der Waals surface area contributed by atoms with Gasteiger partial charge in [0, 0.05) is 24.5 Å². The Morgan fingerprint density at radius 3 is 2.54 bits per heavy atom. The molecule has 1 aromatic heterocycles. The summed E-state index contributed by atoms with van der Waals surface area (Å²) in [6.45, 7) is 0.666. The first-order chi connectivity index (χ1) is 12.3. The van der Waals surface area contributed by atoms with Crippen molar-refractivity contribution in [2.45, 2.75) is 6.92 Å². The lowest BCUT2D eigenvalue weighted by Crippen LogP contribution is -2.35. The molecule has 2 N–H and O–H groups in total. The molecular weight excluding hydrogens is 350 g/mol. The van der Waals surface area contributed by atoms with Crippen LogP contribution in [0.2, 0.25) is 0 Å². The molecule has 0 unspecified atom stereocenters. The van der Waals surface area contributed by atoms with Crippen molar-refractivity contribution in [1.29, 1.82) is 0 Å². The molecule has 10 heteroatoms. The van der Waals surface area contributed by atoms with E-state index in [1.54, 1.807) is 14.0 Å². The van der Waals surface area contributed by atoms with Crippen molar-refractivity contribution in [3.63, 3.8) is 0 Å². The predicted octanol–water partition coefficient (Wildman–Crippen LogP) is 0.918. The van der Waals surface area contributed by atoms with Gasteiger partial charge in [0.2, 0.25) is 5.91 Å². The summed E-state index contributed by atoms with van der Waals surface area (Å²) in [5.41, 5.74) is 0.860. The van der Waals surface area contributed by atoms with Crippen molar-refractivity contribution in [1.82, 2.24) is 15.1 Å². The van der Waals surface area contributed by atoms with Crippen molar-refractivity contribution in [3.05, 3.63) is 47.3 Å². The highest BCUT2D eigenvalue weighted by Gasteiger charge is 2.16. The Hall–Kier alpha value is -3.30. The van der Waals surface area contributed by atoms with E-state index in [0.717, 1.165) is 12.1 Å². The molecule has 8 nitrogen and oxygen atoms in total. The summed E-state index contributed by atoms with van der Waals surface area (Å²) < 4.78 is 32.2. The zero-order chi connectivity index (χ0) is 19.3. The summed E-state index contributed by atoms with van der Waals surface area (Å²) in [6, 6.07) is 2.85. The fourth-order valence-electron chi connectivity index (χ4n) is 1.92. The number of halogens is 2. The van der Waals surface area contributed by atoms with Gasteiger partial charge in [0.25, 0.3) is 5.91 Å². The molecule has 0 aliphatic heterocycles. The standard InChI is InChI=1S/C16H16F2N4O4/c1-9-11(6-20-22(9)2)16(25)26-8-15(24)19-7-14(23)21-10-3-4-12(17)13(18)5-10/h3-6H,7-8H2,1-2H3,(H,19,24)(H,21,23). The first-order valence-corrected chi connectivity index (χ1v) is 7.45. The first kappa shape index (κ1) is 19.0. The molecule has 0 saturated carbocycles. The molecule has 2 rings (SSSR count). The van der Waals surface area contributed by atoms with Gasteiger partial charge in [-0.1, -0.05) is 0 Å². The van der Waals surface area contributed by atoms with Crippen LogP contribution in [0.15, 0.2) is 24.4 Å². The normalized spacial score (nSPS) is 10.3. The number of anilines is 1. The highest BCUT2D eigenvalue weighted by molar-refractivity contribution is 5.95. The van der Waals surface area contributed by atoms with E-state index in [0.29, 0.717) is 5.69 Å². The SMILES string of the molecule is Cc1c(C(=O)OCC(=O)NCC(=O)Nc2ccc(F)c(F)c2)cnn1C. The molecule has 0 aliphatic rings. The number of benzene rings is 1. The Kier molecular flexibility index (Phi) is 5.99. The molecule has 0 saturated heterocycles. The second-order valence-electron chi connectivity index (χ2n) is 5.30. The molecule has 1 heterocycles. The third-order valence-electron chi connectivity index (χ3n) is 3.44. The summed E-state index contributed by atoms with van der Waals surface area (Å²) in [5.74, 6) is -4.21. The van der Waals surface area contributed by atoms with Crippen molar-refractivity contribution < 1.29 is 27.9 Å². The van der Waals surface area contributed by atoms with Crippen LogP contribution in [-0.4, -0.2) is 40.7 Å². The maximum absolute atomic E-state index is 13.0. The Labute approximate surface area is 147 Å². The molecule has 0 bridgehead atoms. The molecule has 138 valence electrons. The van der Waals surface area contributed by atoms with Crippen LogP contribution in [0.4, 0.5) is 14.5 Å². The number of aryl methyl sites for hydroxylation is 1. The Bertz CT molecular complexity index is 851. The van der Waals surface area contributed by atoms with E-state index in [1.165, 1.54) is 16.9 Å². The average molecular weight is 366 g/mol. The molecule has 2 aromatic rings. The second kappa shape index (κ2) is 8.19. The summed E-state index contributed by atoms with van der Waals surface area (Å²) in [7, 11) is 1.66. The van der Waals surface area contributed by atoms with Gasteiger partial charge in [0.1, 0.15) is 5.56 Å². The maximum atomic E-state index is 13.0. The van der Waals surface area contributed by atoms with Gasteiger partial charge in [-0.05, 0) is 19.1 Å². The van der Waals surface area contributed by atoms with Crippen LogP contribution >= 0.6 is 0 Å². The number of hydrogen-bond acceptors (Lipinski definition) is 5. The zero-order valence-electron chi connectivity index (χ0n) is 14.0. The smallest absolute Gasteiger partial charge is 0.342 e. The molecule has 2 amide bonds. The van der Waals surface area contributed by atoms with Crippen LogP contribution in [0.25, 0.3) is 0 Å². The van der Waals surface area contributed by atoms with E-state index in [2.05, 4.69) is 15.7 Å². The minimum absolute atomic E-state index is 0.0432. The van der Waals surface area contributed by atoms with Crippen molar-refractivity contribution in [3.8, 4) is 0 Å². The van der Waals surface area contributed by atoms with Crippen LogP contribution in [-0.2, 0) is 21.4 Å². The number of nitrogens with zero attached hydrogens (tertiary/aromatic N) is 2. The summed E-state index contributed by atoms with van der Waals surface area (Å²) >= 11 is 0. The van der Waals surface area contributed by atoms with Crippen LogP contribution < -0.4 is 10.6 Å². The Balaban J connectivity index is 1.75. The van der Waals surface area contributed by atoms with E-state index in [9.17, 15) is 23.2 Å². The lowest BCUT2D eigenvalue weighted by molar-refractivity contribution is -0.126. The highest BCUT2D eigenvalue weighted by Crippen LogP contribution is 2.12. The predicted molar refractivity (Wildman–Crippen MR) is 86.2 cm³/mol.